The van der Waals surface area contributed by atoms with Gasteiger partial charge in [-0.3, -0.25) is 4.79 Å². The van der Waals surface area contributed by atoms with Gasteiger partial charge in [-0.15, -0.1) is 0 Å². The van der Waals surface area contributed by atoms with Gasteiger partial charge < -0.3 is 20.1 Å². The third-order valence-electron chi connectivity index (χ3n) is 3.44. The first-order chi connectivity index (χ1) is 9.54. The molecule has 1 fully saturated rings. The summed E-state index contributed by atoms with van der Waals surface area (Å²) in [6, 6.07) is 4.02. The van der Waals surface area contributed by atoms with Gasteiger partial charge in [0, 0.05) is 13.6 Å². The van der Waals surface area contributed by atoms with Gasteiger partial charge in [0.05, 0.1) is 25.0 Å². The molecule has 20 heavy (non-hydrogen) atoms. The molecule has 0 bridgehead atoms. The molecule has 2 rings (SSSR count). The average molecular weight is 282 g/mol. The summed E-state index contributed by atoms with van der Waals surface area (Å²) in [5.74, 6) is -0.650. The highest BCUT2D eigenvalue weighted by atomic mass is 19.1. The molecule has 2 N–H and O–H groups in total. The van der Waals surface area contributed by atoms with Crippen LogP contribution in [-0.4, -0.2) is 43.9 Å². The second kappa shape index (κ2) is 6.19. The Kier molecular flexibility index (Phi) is 4.57. The molecule has 2 unspecified atom stereocenters. The first-order valence-corrected chi connectivity index (χ1v) is 6.58. The SMILES string of the molecule is CNC(=O)C1COCCN1c1ccc(C(C)O)cc1F. The van der Waals surface area contributed by atoms with E-state index < -0.39 is 18.0 Å². The van der Waals surface area contributed by atoms with Crippen molar-refractivity contribution in [2.75, 3.05) is 31.7 Å². The number of carbonyl (C=O) groups excluding carboxylic acids is 1. The van der Waals surface area contributed by atoms with Crippen LogP contribution in [-0.2, 0) is 9.53 Å². The van der Waals surface area contributed by atoms with Gasteiger partial charge in [0.1, 0.15) is 11.9 Å². The maximum atomic E-state index is 14.2. The Morgan fingerprint density at radius 1 is 1.60 bits per heavy atom. The molecular weight excluding hydrogens is 263 g/mol. The molecule has 110 valence electrons. The molecule has 0 aromatic heterocycles. The fourth-order valence-corrected chi connectivity index (χ4v) is 2.29. The van der Waals surface area contributed by atoms with Crippen LogP contribution < -0.4 is 10.2 Å². The molecule has 1 heterocycles. The number of anilines is 1. The van der Waals surface area contributed by atoms with Crippen molar-refractivity contribution in [3.05, 3.63) is 29.6 Å². The van der Waals surface area contributed by atoms with E-state index in [9.17, 15) is 14.3 Å². The molecule has 5 nitrogen and oxygen atoms in total. The minimum atomic E-state index is -0.724. The molecular formula is C14H19FN2O3. The number of morpholine rings is 1. The monoisotopic (exact) mass is 282 g/mol. The number of aliphatic hydroxyl groups is 1. The summed E-state index contributed by atoms with van der Waals surface area (Å²) in [4.78, 5) is 13.5. The van der Waals surface area contributed by atoms with E-state index in [1.54, 1.807) is 31.0 Å². The molecule has 0 saturated carbocycles. The molecule has 1 amide bonds. The van der Waals surface area contributed by atoms with Gasteiger partial charge >= 0.3 is 0 Å². The Balaban J connectivity index is 2.30. The predicted octanol–water partition coefficient (Wildman–Crippen LogP) is 0.830. The fraction of sp³-hybridized carbons (Fsp3) is 0.500. The van der Waals surface area contributed by atoms with Crippen LogP contribution in [0.15, 0.2) is 18.2 Å². The summed E-state index contributed by atoms with van der Waals surface area (Å²) in [5, 5.41) is 12.0. The first kappa shape index (κ1) is 14.7. The Bertz CT molecular complexity index is 493. The van der Waals surface area contributed by atoms with Crippen LogP contribution in [0.2, 0.25) is 0 Å². The number of benzene rings is 1. The number of nitrogens with one attached hydrogen (secondary N) is 1. The summed E-state index contributed by atoms with van der Waals surface area (Å²) in [7, 11) is 1.54. The molecule has 0 spiro atoms. The highest BCUT2D eigenvalue weighted by molar-refractivity contribution is 5.85. The minimum Gasteiger partial charge on any atom is -0.389 e. The van der Waals surface area contributed by atoms with Crippen molar-refractivity contribution >= 4 is 11.6 Å². The molecule has 2 atom stereocenters. The first-order valence-electron chi connectivity index (χ1n) is 6.58. The Labute approximate surface area is 117 Å². The van der Waals surface area contributed by atoms with Gasteiger partial charge in [0.15, 0.2) is 0 Å². The normalized spacial score (nSPS) is 20.6. The van der Waals surface area contributed by atoms with E-state index in [-0.39, 0.29) is 12.5 Å². The molecule has 0 aliphatic carbocycles. The summed E-state index contributed by atoms with van der Waals surface area (Å²) in [5.41, 5.74) is 0.863. The van der Waals surface area contributed by atoms with Gasteiger partial charge in [-0.25, -0.2) is 4.39 Å². The minimum absolute atomic E-state index is 0.205. The molecule has 1 aliphatic rings. The lowest BCUT2D eigenvalue weighted by atomic mass is 10.1. The number of amides is 1. The number of hydrogen-bond acceptors (Lipinski definition) is 4. The number of halogens is 1. The van der Waals surface area contributed by atoms with Crippen LogP contribution in [0.3, 0.4) is 0 Å². The van der Waals surface area contributed by atoms with Gasteiger partial charge in [0.25, 0.3) is 0 Å². The molecule has 1 saturated heterocycles. The van der Waals surface area contributed by atoms with Crippen molar-refractivity contribution < 1.29 is 19.0 Å². The highest BCUT2D eigenvalue weighted by Gasteiger charge is 2.30. The number of aliphatic hydroxyl groups excluding tert-OH is 1. The van der Waals surface area contributed by atoms with Crippen LogP contribution in [0.25, 0.3) is 0 Å². The number of nitrogens with zero attached hydrogens (tertiary/aromatic N) is 1. The van der Waals surface area contributed by atoms with E-state index in [0.29, 0.717) is 24.4 Å². The van der Waals surface area contributed by atoms with Crippen molar-refractivity contribution in [3.63, 3.8) is 0 Å². The number of likely N-dealkylation sites (N-methyl/N-ethyl adjacent to an activating group) is 1. The third-order valence-corrected chi connectivity index (χ3v) is 3.44. The van der Waals surface area contributed by atoms with E-state index in [4.69, 9.17) is 4.74 Å². The zero-order valence-electron chi connectivity index (χ0n) is 11.6. The predicted molar refractivity (Wildman–Crippen MR) is 73.1 cm³/mol. The molecule has 6 heteroatoms. The topological polar surface area (TPSA) is 61.8 Å². The molecule has 1 aliphatic heterocycles. The van der Waals surface area contributed by atoms with E-state index in [1.807, 2.05) is 0 Å². The highest BCUT2D eigenvalue weighted by Crippen LogP contribution is 2.26. The number of ether oxygens (including phenoxy) is 1. The Morgan fingerprint density at radius 2 is 2.35 bits per heavy atom. The number of rotatable bonds is 3. The van der Waals surface area contributed by atoms with E-state index in [1.165, 1.54) is 6.07 Å². The van der Waals surface area contributed by atoms with Crippen LogP contribution in [0.1, 0.15) is 18.6 Å². The zero-order valence-corrected chi connectivity index (χ0v) is 11.6. The van der Waals surface area contributed by atoms with Crippen LogP contribution in [0.5, 0.6) is 0 Å². The summed E-state index contributed by atoms with van der Waals surface area (Å²) in [6.07, 6.45) is -0.724. The zero-order chi connectivity index (χ0) is 14.7. The third kappa shape index (κ3) is 2.91. The van der Waals surface area contributed by atoms with Crippen molar-refractivity contribution in [2.24, 2.45) is 0 Å². The Hall–Kier alpha value is -1.66. The van der Waals surface area contributed by atoms with Crippen LogP contribution in [0, 0.1) is 5.82 Å². The van der Waals surface area contributed by atoms with Gasteiger partial charge in [-0.05, 0) is 24.6 Å². The van der Waals surface area contributed by atoms with E-state index in [2.05, 4.69) is 5.32 Å². The van der Waals surface area contributed by atoms with Crippen LogP contribution in [0.4, 0.5) is 10.1 Å². The quantitative estimate of drug-likeness (QED) is 0.862. The lowest BCUT2D eigenvalue weighted by Crippen LogP contribution is -2.53. The number of carbonyl (C=O) groups is 1. The summed E-state index contributed by atoms with van der Waals surface area (Å²) in [6.45, 7) is 2.71. The fourth-order valence-electron chi connectivity index (χ4n) is 2.29. The summed E-state index contributed by atoms with van der Waals surface area (Å²) < 4.78 is 19.5. The molecule has 0 radical (unpaired) electrons. The second-order valence-electron chi connectivity index (χ2n) is 4.79. The maximum Gasteiger partial charge on any atom is 0.244 e. The van der Waals surface area contributed by atoms with Crippen molar-refractivity contribution in [2.45, 2.75) is 19.1 Å². The second-order valence-corrected chi connectivity index (χ2v) is 4.79. The average Bonchev–Trinajstić information content (AvgIpc) is 2.46. The lowest BCUT2D eigenvalue weighted by molar-refractivity contribution is -0.124. The van der Waals surface area contributed by atoms with Gasteiger partial charge in [0.2, 0.25) is 5.91 Å². The van der Waals surface area contributed by atoms with Crippen LogP contribution >= 0.6 is 0 Å². The van der Waals surface area contributed by atoms with Crippen molar-refractivity contribution in [1.29, 1.82) is 0 Å². The number of hydrogen-bond donors (Lipinski definition) is 2. The lowest BCUT2D eigenvalue weighted by Gasteiger charge is -2.36. The van der Waals surface area contributed by atoms with Gasteiger partial charge in [-0.2, -0.15) is 0 Å². The van der Waals surface area contributed by atoms with Gasteiger partial charge in [-0.1, -0.05) is 6.07 Å². The van der Waals surface area contributed by atoms with Crippen molar-refractivity contribution in [3.8, 4) is 0 Å². The largest absolute Gasteiger partial charge is 0.389 e. The molecule has 1 aromatic carbocycles. The standard InChI is InChI=1S/C14H19FN2O3/c1-9(18)10-3-4-12(11(15)7-10)17-5-6-20-8-13(17)14(19)16-2/h3-4,7,9,13,18H,5-6,8H2,1-2H3,(H,16,19). The maximum absolute atomic E-state index is 14.2. The smallest absolute Gasteiger partial charge is 0.244 e. The van der Waals surface area contributed by atoms with E-state index in [0.717, 1.165) is 0 Å². The van der Waals surface area contributed by atoms with Crippen molar-refractivity contribution in [1.82, 2.24) is 5.32 Å². The summed E-state index contributed by atoms with van der Waals surface area (Å²) >= 11 is 0. The van der Waals surface area contributed by atoms with E-state index >= 15 is 0 Å². The molecule has 1 aromatic rings. The Morgan fingerprint density at radius 3 is 2.95 bits per heavy atom.